The van der Waals surface area contributed by atoms with Crippen LogP contribution in [-0.4, -0.2) is 42.1 Å². The summed E-state index contributed by atoms with van der Waals surface area (Å²) >= 11 is 0. The number of guanidine groups is 1. The molecule has 0 aliphatic heterocycles. The Kier molecular flexibility index (Phi) is 10.7. The topological polar surface area (TPSA) is 73.0 Å². The summed E-state index contributed by atoms with van der Waals surface area (Å²) in [5, 5.41) is 17.1. The number of aliphatic hydroxyl groups is 1. The largest absolute Gasteiger partial charge is 0.466 e. The Balaban J connectivity index is 0.00000420. The van der Waals surface area contributed by atoms with Crippen molar-refractivity contribution in [3.05, 3.63) is 59.5 Å². The molecule has 0 radical (unpaired) electrons. The fourth-order valence-electron chi connectivity index (χ4n) is 2.75. The van der Waals surface area contributed by atoms with Crippen molar-refractivity contribution in [2.45, 2.75) is 52.4 Å². The molecule has 3 N–H and O–H groups in total. The van der Waals surface area contributed by atoms with Crippen LogP contribution in [0.25, 0.3) is 0 Å². The minimum absolute atomic E-state index is 0. The summed E-state index contributed by atoms with van der Waals surface area (Å²) in [5.74, 6) is 1.19. The first kappa shape index (κ1) is 25.5. The lowest BCUT2D eigenvalue weighted by Gasteiger charge is -2.23. The highest BCUT2D eigenvalue weighted by atomic mass is 127. The van der Waals surface area contributed by atoms with E-state index in [2.05, 4.69) is 54.6 Å². The maximum atomic E-state index is 10.6. The minimum Gasteiger partial charge on any atom is -0.466 e. The molecule has 1 aromatic carbocycles. The number of aliphatic imine (C=N–C) groups is 1. The van der Waals surface area contributed by atoms with E-state index in [0.717, 1.165) is 13.1 Å². The van der Waals surface area contributed by atoms with Crippen LogP contribution in [0.15, 0.2) is 52.1 Å². The van der Waals surface area contributed by atoms with Gasteiger partial charge in [-0.3, -0.25) is 4.90 Å². The number of furan rings is 1. The molecule has 0 saturated heterocycles. The number of nitrogens with zero attached hydrogens (tertiary/aromatic N) is 2. The molecule has 0 fully saturated rings. The summed E-state index contributed by atoms with van der Waals surface area (Å²) < 4.78 is 5.34. The Labute approximate surface area is 191 Å². The van der Waals surface area contributed by atoms with Crippen molar-refractivity contribution in [3.63, 3.8) is 0 Å². The van der Waals surface area contributed by atoms with Crippen LogP contribution in [0.1, 0.15) is 44.6 Å². The zero-order valence-electron chi connectivity index (χ0n) is 18.1. The molecular weight excluding hydrogens is 479 g/mol. The summed E-state index contributed by atoms with van der Waals surface area (Å²) in [6.45, 7) is 10.6. The van der Waals surface area contributed by atoms with Crippen molar-refractivity contribution in [1.82, 2.24) is 15.5 Å². The van der Waals surface area contributed by atoms with Crippen LogP contribution in [0.3, 0.4) is 0 Å². The van der Waals surface area contributed by atoms with Gasteiger partial charge in [-0.05, 0) is 58.0 Å². The van der Waals surface area contributed by atoms with E-state index >= 15 is 0 Å². The predicted octanol–water partition coefficient (Wildman–Crippen LogP) is 3.70. The fraction of sp³-hybridized carbons (Fsp3) is 0.500. The van der Waals surface area contributed by atoms with Gasteiger partial charge in [0.05, 0.1) is 19.4 Å². The van der Waals surface area contributed by atoms with Gasteiger partial charge in [0.15, 0.2) is 5.96 Å². The summed E-state index contributed by atoms with van der Waals surface area (Å²) in [7, 11) is 2.13. The van der Waals surface area contributed by atoms with Crippen molar-refractivity contribution >= 4 is 29.9 Å². The van der Waals surface area contributed by atoms with Gasteiger partial charge in [0.1, 0.15) is 11.4 Å². The third kappa shape index (κ3) is 7.98. The highest BCUT2D eigenvalue weighted by Gasteiger charge is 2.26. The number of hydrogen-bond acceptors (Lipinski definition) is 4. The van der Waals surface area contributed by atoms with Gasteiger partial charge in [-0.25, -0.2) is 4.99 Å². The molecule has 0 aliphatic rings. The standard InChI is InChI=1S/C22H34N4O2.HI/c1-6-23-21(25-16-22(4,27)20-12-9-13-28-20)24-14-18-10-7-8-11-19(18)15-26(5)17(2)3;/h7-13,17,27H,6,14-16H2,1-5H3,(H2,23,24,25);1H. The van der Waals surface area contributed by atoms with Gasteiger partial charge in [0.2, 0.25) is 0 Å². The van der Waals surface area contributed by atoms with Crippen molar-refractivity contribution < 1.29 is 9.52 Å². The molecule has 1 heterocycles. The molecular formula is C22H35IN4O2. The van der Waals surface area contributed by atoms with Gasteiger partial charge >= 0.3 is 0 Å². The summed E-state index contributed by atoms with van der Waals surface area (Å²) in [6, 6.07) is 12.4. The lowest BCUT2D eigenvalue weighted by Crippen LogP contribution is -2.44. The first-order chi connectivity index (χ1) is 13.3. The normalized spacial score (nSPS) is 13.9. The van der Waals surface area contributed by atoms with Gasteiger partial charge in [0.25, 0.3) is 0 Å². The predicted molar refractivity (Wildman–Crippen MR) is 130 cm³/mol. The second-order valence-electron chi connectivity index (χ2n) is 7.58. The lowest BCUT2D eigenvalue weighted by atomic mass is 10.0. The monoisotopic (exact) mass is 514 g/mol. The number of hydrogen-bond donors (Lipinski definition) is 3. The Morgan fingerprint density at radius 3 is 2.45 bits per heavy atom. The number of benzene rings is 1. The van der Waals surface area contributed by atoms with Gasteiger partial charge in [-0.15, -0.1) is 24.0 Å². The average molecular weight is 514 g/mol. The van der Waals surface area contributed by atoms with Crippen LogP contribution < -0.4 is 10.6 Å². The highest BCUT2D eigenvalue weighted by molar-refractivity contribution is 14.0. The number of halogens is 1. The van der Waals surface area contributed by atoms with E-state index in [4.69, 9.17) is 9.41 Å². The molecule has 0 amide bonds. The number of nitrogens with one attached hydrogen (secondary N) is 2. The van der Waals surface area contributed by atoms with E-state index < -0.39 is 5.60 Å². The summed E-state index contributed by atoms with van der Waals surface area (Å²) in [5.41, 5.74) is 1.36. The minimum atomic E-state index is -1.11. The molecule has 1 atom stereocenters. The zero-order chi connectivity index (χ0) is 20.6. The molecule has 0 bridgehead atoms. The van der Waals surface area contributed by atoms with Crippen molar-refractivity contribution in [1.29, 1.82) is 0 Å². The van der Waals surface area contributed by atoms with Gasteiger partial charge in [0, 0.05) is 19.1 Å². The molecule has 2 aromatic rings. The molecule has 1 aromatic heterocycles. The maximum Gasteiger partial charge on any atom is 0.191 e. The van der Waals surface area contributed by atoms with Gasteiger partial charge < -0.3 is 20.2 Å². The Morgan fingerprint density at radius 1 is 1.17 bits per heavy atom. The first-order valence-corrected chi connectivity index (χ1v) is 9.89. The van der Waals surface area contributed by atoms with E-state index in [1.165, 1.54) is 11.1 Å². The molecule has 29 heavy (non-hydrogen) atoms. The molecule has 0 saturated carbocycles. The highest BCUT2D eigenvalue weighted by Crippen LogP contribution is 2.19. The van der Waals surface area contributed by atoms with Crippen LogP contribution in [-0.2, 0) is 18.7 Å². The molecule has 2 rings (SSSR count). The Bertz CT molecular complexity index is 745. The van der Waals surface area contributed by atoms with E-state index in [0.29, 0.717) is 30.9 Å². The lowest BCUT2D eigenvalue weighted by molar-refractivity contribution is 0.0386. The Hall–Kier alpha value is -1.58. The molecule has 6 nitrogen and oxygen atoms in total. The van der Waals surface area contributed by atoms with Gasteiger partial charge in [-0.1, -0.05) is 24.3 Å². The molecule has 1 unspecified atom stereocenters. The molecule has 162 valence electrons. The van der Waals surface area contributed by atoms with E-state index in [9.17, 15) is 5.11 Å². The summed E-state index contributed by atoms with van der Waals surface area (Å²) in [4.78, 5) is 7.03. The van der Waals surface area contributed by atoms with Crippen LogP contribution in [0.2, 0.25) is 0 Å². The summed E-state index contributed by atoms with van der Waals surface area (Å²) in [6.07, 6.45) is 1.56. The third-order valence-electron chi connectivity index (χ3n) is 4.82. The maximum absolute atomic E-state index is 10.6. The third-order valence-corrected chi connectivity index (χ3v) is 4.82. The van der Waals surface area contributed by atoms with Crippen LogP contribution in [0.4, 0.5) is 0 Å². The van der Waals surface area contributed by atoms with E-state index in [-0.39, 0.29) is 24.0 Å². The van der Waals surface area contributed by atoms with Crippen molar-refractivity contribution in [2.24, 2.45) is 4.99 Å². The quantitative estimate of drug-likeness (QED) is 0.271. The number of rotatable bonds is 9. The van der Waals surface area contributed by atoms with Crippen LogP contribution in [0, 0.1) is 0 Å². The van der Waals surface area contributed by atoms with E-state index in [1.807, 2.05) is 13.0 Å². The van der Waals surface area contributed by atoms with Crippen molar-refractivity contribution in [3.8, 4) is 0 Å². The zero-order valence-corrected chi connectivity index (χ0v) is 20.4. The van der Waals surface area contributed by atoms with Crippen LogP contribution in [0.5, 0.6) is 0 Å². The van der Waals surface area contributed by atoms with Gasteiger partial charge in [-0.2, -0.15) is 0 Å². The second-order valence-corrected chi connectivity index (χ2v) is 7.58. The molecule has 0 spiro atoms. The SMILES string of the molecule is CCNC(=NCc1ccccc1CN(C)C(C)C)NCC(C)(O)c1ccco1.I. The van der Waals surface area contributed by atoms with E-state index in [1.54, 1.807) is 25.3 Å². The molecule has 7 heteroatoms. The van der Waals surface area contributed by atoms with Crippen molar-refractivity contribution in [2.75, 3.05) is 20.1 Å². The average Bonchev–Trinajstić information content (AvgIpc) is 3.20. The second kappa shape index (κ2) is 12.2. The van der Waals surface area contributed by atoms with Crippen LogP contribution >= 0.6 is 24.0 Å². The fourth-order valence-corrected chi connectivity index (χ4v) is 2.75. The molecule has 0 aliphatic carbocycles. The first-order valence-electron chi connectivity index (χ1n) is 9.89. The Morgan fingerprint density at radius 2 is 1.86 bits per heavy atom. The smallest absolute Gasteiger partial charge is 0.191 e.